The van der Waals surface area contributed by atoms with Crippen LogP contribution in [0.25, 0.3) is 22.0 Å². The second-order valence-electron chi connectivity index (χ2n) is 8.89. The number of hydrogen-bond donors (Lipinski definition) is 2. The summed E-state index contributed by atoms with van der Waals surface area (Å²) in [5.74, 6) is -0.877. The number of anilines is 2. The highest BCUT2D eigenvalue weighted by Gasteiger charge is 2.25. The van der Waals surface area contributed by atoms with Crippen LogP contribution in [0.1, 0.15) is 15.9 Å². The Morgan fingerprint density at radius 3 is 2.49 bits per heavy atom. The van der Waals surface area contributed by atoms with E-state index in [9.17, 15) is 14.9 Å². The molecule has 39 heavy (non-hydrogen) atoms. The zero-order valence-corrected chi connectivity index (χ0v) is 21.9. The maximum absolute atomic E-state index is 13.1. The third-order valence-corrected chi connectivity index (χ3v) is 6.97. The van der Waals surface area contributed by atoms with Gasteiger partial charge in [-0.05, 0) is 40.6 Å². The highest BCUT2D eigenvalue weighted by Crippen LogP contribution is 2.27. The zero-order valence-electron chi connectivity index (χ0n) is 21.0. The molecule has 0 saturated heterocycles. The zero-order chi connectivity index (χ0) is 27.2. The molecular formula is C30H24N6O2S. The number of carbonyl (C=O) groups is 2. The molecule has 0 spiro atoms. The van der Waals surface area contributed by atoms with Crippen molar-refractivity contribution in [3.8, 4) is 17.5 Å². The normalized spacial score (nSPS) is 11.4. The number of aromatic nitrogens is 2. The Bertz CT molecular complexity index is 1660. The number of pyridine rings is 1. The molecule has 0 fully saturated rings. The van der Waals surface area contributed by atoms with Crippen molar-refractivity contribution < 1.29 is 9.59 Å². The van der Waals surface area contributed by atoms with Gasteiger partial charge in [0.25, 0.3) is 11.8 Å². The van der Waals surface area contributed by atoms with E-state index in [1.165, 1.54) is 18.4 Å². The van der Waals surface area contributed by atoms with Crippen LogP contribution >= 0.6 is 11.3 Å². The van der Waals surface area contributed by atoms with Crippen LogP contribution in [0.2, 0.25) is 0 Å². The van der Waals surface area contributed by atoms with Gasteiger partial charge in [0.1, 0.15) is 6.04 Å². The maximum Gasteiger partial charge on any atom is 0.258 e. The van der Waals surface area contributed by atoms with E-state index in [4.69, 9.17) is 0 Å². The third kappa shape index (κ3) is 6.09. The largest absolute Gasteiger partial charge is 0.340 e. The van der Waals surface area contributed by atoms with E-state index < -0.39 is 17.9 Å². The van der Waals surface area contributed by atoms with Crippen LogP contribution in [0, 0.1) is 11.5 Å². The second-order valence-corrected chi connectivity index (χ2v) is 9.74. The first-order valence-electron chi connectivity index (χ1n) is 12.2. The fourth-order valence-corrected chi connectivity index (χ4v) is 4.88. The monoisotopic (exact) mass is 532 g/mol. The van der Waals surface area contributed by atoms with Gasteiger partial charge in [0.05, 0.1) is 5.69 Å². The van der Waals surface area contributed by atoms with Crippen LogP contribution in [0.15, 0.2) is 96.6 Å². The van der Waals surface area contributed by atoms with E-state index in [-0.39, 0.29) is 6.42 Å². The standard InChI is InChI=1S/C30H24N6O2S/c1-36(19-31)29(38)26(17-20-6-7-21-4-2-3-5-24(21)16-20)34-28(37)23-10-8-22(9-11-23)27-18-39-30(35-27)33-25-12-14-32-15-13-25/h2-16,18,26H,17H2,1H3,(H,34,37)(H,32,33,35)/t26-/m0/s1. The molecular weight excluding hydrogens is 508 g/mol. The molecule has 5 aromatic rings. The predicted molar refractivity (Wildman–Crippen MR) is 152 cm³/mol. The van der Waals surface area contributed by atoms with Gasteiger partial charge in [-0.1, -0.05) is 54.6 Å². The van der Waals surface area contributed by atoms with Crippen LogP contribution in [0.4, 0.5) is 10.8 Å². The number of fused-ring (bicyclic) bond motifs is 1. The molecule has 0 unspecified atom stereocenters. The lowest BCUT2D eigenvalue weighted by molar-refractivity contribution is -0.129. The minimum Gasteiger partial charge on any atom is -0.340 e. The summed E-state index contributed by atoms with van der Waals surface area (Å²) in [5, 5.41) is 20.1. The summed E-state index contributed by atoms with van der Waals surface area (Å²) in [6, 6.07) is 23.7. The molecule has 192 valence electrons. The van der Waals surface area contributed by atoms with Gasteiger partial charge in [-0.2, -0.15) is 5.26 Å². The topological polar surface area (TPSA) is 111 Å². The smallest absolute Gasteiger partial charge is 0.258 e. The van der Waals surface area contributed by atoms with Crippen molar-refractivity contribution in [2.75, 3.05) is 12.4 Å². The number of likely N-dealkylation sites (N-methyl/N-ethyl adjacent to an activating group) is 1. The number of benzene rings is 3. The molecule has 8 nitrogen and oxygen atoms in total. The lowest BCUT2D eigenvalue weighted by Gasteiger charge is -2.20. The first kappa shape index (κ1) is 25.6. The van der Waals surface area contributed by atoms with Gasteiger partial charge in [-0.25, -0.2) is 4.98 Å². The SMILES string of the molecule is CN(C#N)C(=O)[C@H](Cc1ccc2ccccc2c1)NC(=O)c1ccc(-c2csc(Nc3ccncc3)n2)cc1. The molecule has 2 aromatic heterocycles. The Balaban J connectivity index is 1.30. The Labute approximate surface area is 229 Å². The summed E-state index contributed by atoms with van der Waals surface area (Å²) in [6.45, 7) is 0. The molecule has 2 N–H and O–H groups in total. The van der Waals surface area contributed by atoms with E-state index in [0.717, 1.165) is 43.3 Å². The van der Waals surface area contributed by atoms with Crippen LogP contribution < -0.4 is 10.6 Å². The maximum atomic E-state index is 13.1. The highest BCUT2D eigenvalue weighted by molar-refractivity contribution is 7.14. The van der Waals surface area contributed by atoms with Gasteiger partial charge in [0, 0.05) is 48.1 Å². The fraction of sp³-hybridized carbons (Fsp3) is 0.100. The second kappa shape index (κ2) is 11.5. The minimum atomic E-state index is -0.900. The molecule has 2 heterocycles. The van der Waals surface area contributed by atoms with Gasteiger partial charge in [-0.15, -0.1) is 11.3 Å². The number of thiazole rings is 1. The quantitative estimate of drug-likeness (QED) is 0.205. The van der Waals surface area contributed by atoms with Crippen LogP contribution in [0.5, 0.6) is 0 Å². The number of carbonyl (C=O) groups excluding carboxylic acids is 2. The summed E-state index contributed by atoms with van der Waals surface area (Å²) in [6.07, 6.45) is 5.50. The Hall–Kier alpha value is -5.07. The Morgan fingerprint density at radius 1 is 1.00 bits per heavy atom. The van der Waals surface area contributed by atoms with E-state index in [1.54, 1.807) is 24.5 Å². The van der Waals surface area contributed by atoms with Crippen molar-refractivity contribution >= 4 is 44.7 Å². The lowest BCUT2D eigenvalue weighted by atomic mass is 10.0. The number of nitrogens with zero attached hydrogens (tertiary/aromatic N) is 4. The first-order chi connectivity index (χ1) is 19.0. The van der Waals surface area contributed by atoms with Crippen molar-refractivity contribution in [1.82, 2.24) is 20.2 Å². The fourth-order valence-electron chi connectivity index (χ4n) is 4.14. The van der Waals surface area contributed by atoms with Gasteiger partial charge < -0.3 is 10.6 Å². The van der Waals surface area contributed by atoms with Crippen LogP contribution in [-0.4, -0.2) is 39.8 Å². The summed E-state index contributed by atoms with van der Waals surface area (Å²) < 4.78 is 0. The average molecular weight is 533 g/mol. The molecule has 5 rings (SSSR count). The molecule has 0 saturated carbocycles. The molecule has 1 atom stereocenters. The van der Waals surface area contributed by atoms with E-state index in [1.807, 2.05) is 78.3 Å². The average Bonchev–Trinajstić information content (AvgIpc) is 3.45. The first-order valence-corrected chi connectivity index (χ1v) is 13.1. The van der Waals surface area contributed by atoms with E-state index >= 15 is 0 Å². The molecule has 0 bridgehead atoms. The molecule has 0 aliphatic carbocycles. The number of amides is 2. The van der Waals surface area contributed by atoms with Crippen molar-refractivity contribution in [1.29, 1.82) is 5.26 Å². The van der Waals surface area contributed by atoms with Gasteiger partial charge in [0.15, 0.2) is 11.3 Å². The number of hydrogen-bond acceptors (Lipinski definition) is 7. The highest BCUT2D eigenvalue weighted by atomic mass is 32.1. The van der Waals surface area contributed by atoms with Gasteiger partial charge in [-0.3, -0.25) is 19.5 Å². The summed E-state index contributed by atoms with van der Waals surface area (Å²) >= 11 is 1.48. The molecule has 0 radical (unpaired) electrons. The minimum absolute atomic E-state index is 0.256. The van der Waals surface area contributed by atoms with E-state index in [0.29, 0.717) is 5.56 Å². The lowest BCUT2D eigenvalue weighted by Crippen LogP contribution is -2.47. The number of rotatable bonds is 8. The van der Waals surface area contributed by atoms with Gasteiger partial charge in [0.2, 0.25) is 0 Å². The summed E-state index contributed by atoms with van der Waals surface area (Å²) in [4.78, 5) is 35.7. The predicted octanol–water partition coefficient (Wildman–Crippen LogP) is 5.38. The Kier molecular flexibility index (Phi) is 7.57. The summed E-state index contributed by atoms with van der Waals surface area (Å²) in [7, 11) is 1.39. The van der Waals surface area contributed by atoms with Crippen molar-refractivity contribution in [3.63, 3.8) is 0 Å². The molecule has 2 amide bonds. The van der Waals surface area contributed by atoms with Crippen molar-refractivity contribution in [3.05, 3.63) is 108 Å². The van der Waals surface area contributed by atoms with Crippen LogP contribution in [-0.2, 0) is 11.2 Å². The molecule has 0 aliphatic heterocycles. The molecule has 9 heteroatoms. The molecule has 3 aromatic carbocycles. The van der Waals surface area contributed by atoms with E-state index in [2.05, 4.69) is 20.6 Å². The summed E-state index contributed by atoms with van der Waals surface area (Å²) in [5.41, 5.74) is 3.82. The number of nitriles is 1. The van der Waals surface area contributed by atoms with Crippen LogP contribution in [0.3, 0.4) is 0 Å². The third-order valence-electron chi connectivity index (χ3n) is 6.22. The number of nitrogens with one attached hydrogen (secondary N) is 2. The van der Waals surface area contributed by atoms with Crippen molar-refractivity contribution in [2.24, 2.45) is 0 Å². The Morgan fingerprint density at radius 2 is 1.74 bits per heavy atom. The molecule has 0 aliphatic rings. The van der Waals surface area contributed by atoms with Gasteiger partial charge >= 0.3 is 0 Å². The van der Waals surface area contributed by atoms with Crippen molar-refractivity contribution in [2.45, 2.75) is 12.5 Å².